The van der Waals surface area contributed by atoms with Gasteiger partial charge in [0.25, 0.3) is 0 Å². The SMILES string of the molecule is CC(C)(C)[Si](C)(C)OCc1cccc(N2CC[C@@H](OC3CCN(C(=O)OCc4ccccc4)CC3)C2)c1F. The maximum absolute atomic E-state index is 15.5. The zero-order chi connectivity index (χ0) is 27.3. The number of hydrogen-bond acceptors (Lipinski definition) is 5. The number of rotatable bonds is 8. The third-order valence-corrected chi connectivity index (χ3v) is 12.7. The number of hydrogen-bond donors (Lipinski definition) is 0. The van der Waals surface area contributed by atoms with Crippen LogP contribution in [0.2, 0.25) is 18.1 Å². The van der Waals surface area contributed by atoms with Gasteiger partial charge in [-0.25, -0.2) is 9.18 Å². The second-order valence-electron chi connectivity index (χ2n) is 12.0. The number of anilines is 1. The average molecular weight is 543 g/mol. The van der Waals surface area contributed by atoms with Crippen molar-refractivity contribution in [2.45, 2.75) is 83.6 Å². The maximum atomic E-state index is 15.5. The van der Waals surface area contributed by atoms with Crippen LogP contribution >= 0.6 is 0 Å². The quantitative estimate of drug-likeness (QED) is 0.346. The van der Waals surface area contributed by atoms with Gasteiger partial charge in [0, 0.05) is 31.7 Å². The van der Waals surface area contributed by atoms with Crippen molar-refractivity contribution in [1.82, 2.24) is 4.90 Å². The Morgan fingerprint density at radius 2 is 1.63 bits per heavy atom. The van der Waals surface area contributed by atoms with Crippen molar-refractivity contribution < 1.29 is 23.1 Å². The lowest BCUT2D eigenvalue weighted by molar-refractivity contribution is -0.0323. The smallest absolute Gasteiger partial charge is 0.410 e. The Labute approximate surface area is 228 Å². The van der Waals surface area contributed by atoms with Gasteiger partial charge in [-0.3, -0.25) is 0 Å². The van der Waals surface area contributed by atoms with E-state index >= 15 is 4.39 Å². The second-order valence-corrected chi connectivity index (χ2v) is 16.8. The van der Waals surface area contributed by atoms with Crippen molar-refractivity contribution in [3.8, 4) is 0 Å². The van der Waals surface area contributed by atoms with Crippen LogP contribution < -0.4 is 4.90 Å². The first-order valence-electron chi connectivity index (χ1n) is 13.8. The number of benzene rings is 2. The highest BCUT2D eigenvalue weighted by Crippen LogP contribution is 2.37. The number of likely N-dealkylation sites (tertiary alicyclic amines) is 1. The summed E-state index contributed by atoms with van der Waals surface area (Å²) in [6.45, 7) is 14.2. The predicted molar refractivity (Wildman–Crippen MR) is 151 cm³/mol. The van der Waals surface area contributed by atoms with Crippen molar-refractivity contribution in [3.63, 3.8) is 0 Å². The van der Waals surface area contributed by atoms with Crippen LogP contribution in [0.5, 0.6) is 0 Å². The van der Waals surface area contributed by atoms with Gasteiger partial charge in [-0.15, -0.1) is 0 Å². The molecule has 0 N–H and O–H groups in total. The number of nitrogens with zero attached hydrogens (tertiary/aromatic N) is 2. The molecule has 0 aromatic heterocycles. The van der Waals surface area contributed by atoms with Crippen LogP contribution in [0.1, 0.15) is 51.2 Å². The summed E-state index contributed by atoms with van der Waals surface area (Å²) in [5.41, 5.74) is 2.22. The summed E-state index contributed by atoms with van der Waals surface area (Å²) in [6.07, 6.45) is 2.32. The fraction of sp³-hybridized carbons (Fsp3) is 0.567. The molecule has 0 saturated carbocycles. The van der Waals surface area contributed by atoms with E-state index < -0.39 is 8.32 Å². The Bertz CT molecular complexity index is 1070. The van der Waals surface area contributed by atoms with Crippen LogP contribution in [0.15, 0.2) is 48.5 Å². The molecule has 38 heavy (non-hydrogen) atoms. The highest BCUT2D eigenvalue weighted by Gasteiger charge is 2.37. The van der Waals surface area contributed by atoms with E-state index in [0.717, 1.165) is 31.4 Å². The summed E-state index contributed by atoms with van der Waals surface area (Å²) in [6, 6.07) is 15.3. The van der Waals surface area contributed by atoms with E-state index in [1.54, 1.807) is 4.90 Å². The minimum atomic E-state index is -1.96. The van der Waals surface area contributed by atoms with Gasteiger partial charge >= 0.3 is 6.09 Å². The highest BCUT2D eigenvalue weighted by atomic mass is 28.4. The van der Waals surface area contributed by atoms with Gasteiger partial charge < -0.3 is 23.7 Å². The molecule has 2 aromatic rings. The van der Waals surface area contributed by atoms with E-state index in [-0.39, 0.29) is 35.8 Å². The van der Waals surface area contributed by atoms with Gasteiger partial charge in [-0.05, 0) is 49.0 Å². The molecule has 2 fully saturated rings. The van der Waals surface area contributed by atoms with E-state index in [0.29, 0.717) is 37.5 Å². The predicted octanol–water partition coefficient (Wildman–Crippen LogP) is 6.74. The van der Waals surface area contributed by atoms with Crippen LogP contribution in [0.3, 0.4) is 0 Å². The largest absolute Gasteiger partial charge is 0.445 e. The molecule has 0 radical (unpaired) electrons. The van der Waals surface area contributed by atoms with Gasteiger partial charge in [0.1, 0.15) is 6.61 Å². The maximum Gasteiger partial charge on any atom is 0.410 e. The summed E-state index contributed by atoms with van der Waals surface area (Å²) < 4.78 is 33.6. The van der Waals surface area contributed by atoms with Gasteiger partial charge in [0.05, 0.1) is 24.5 Å². The van der Waals surface area contributed by atoms with Gasteiger partial charge in [-0.2, -0.15) is 0 Å². The number of amides is 1. The van der Waals surface area contributed by atoms with Gasteiger partial charge in [-0.1, -0.05) is 63.2 Å². The number of piperidine rings is 1. The van der Waals surface area contributed by atoms with Crippen LogP contribution in [-0.2, 0) is 27.1 Å². The van der Waals surface area contributed by atoms with Crippen molar-refractivity contribution in [2.24, 2.45) is 0 Å². The van der Waals surface area contributed by atoms with Crippen LogP contribution in [0.4, 0.5) is 14.9 Å². The first-order chi connectivity index (χ1) is 18.0. The Kier molecular flexibility index (Phi) is 9.16. The molecule has 1 amide bonds. The van der Waals surface area contributed by atoms with Crippen molar-refractivity contribution in [2.75, 3.05) is 31.1 Å². The number of carbonyl (C=O) groups is 1. The highest BCUT2D eigenvalue weighted by molar-refractivity contribution is 6.74. The summed E-state index contributed by atoms with van der Waals surface area (Å²) in [4.78, 5) is 16.3. The number of ether oxygens (including phenoxy) is 2. The van der Waals surface area contributed by atoms with Crippen molar-refractivity contribution in [1.29, 1.82) is 0 Å². The molecule has 2 aliphatic rings. The second kappa shape index (κ2) is 12.2. The van der Waals surface area contributed by atoms with E-state index in [2.05, 4.69) is 38.8 Å². The fourth-order valence-electron chi connectivity index (χ4n) is 4.71. The minimum absolute atomic E-state index is 0.0584. The minimum Gasteiger partial charge on any atom is -0.445 e. The third-order valence-electron chi connectivity index (χ3n) is 8.23. The Morgan fingerprint density at radius 3 is 2.32 bits per heavy atom. The molecule has 2 aliphatic heterocycles. The van der Waals surface area contributed by atoms with Crippen molar-refractivity contribution >= 4 is 20.1 Å². The van der Waals surface area contributed by atoms with E-state index in [1.807, 2.05) is 48.5 Å². The third kappa shape index (κ3) is 7.15. The number of carbonyl (C=O) groups excluding carboxylic acids is 1. The van der Waals surface area contributed by atoms with Gasteiger partial charge in [0.15, 0.2) is 14.1 Å². The summed E-state index contributed by atoms with van der Waals surface area (Å²) in [5, 5.41) is 0.0826. The Balaban J connectivity index is 1.23. The van der Waals surface area contributed by atoms with Gasteiger partial charge in [0.2, 0.25) is 0 Å². The van der Waals surface area contributed by atoms with E-state index in [1.165, 1.54) is 0 Å². The van der Waals surface area contributed by atoms with E-state index in [9.17, 15) is 4.79 Å². The summed E-state index contributed by atoms with van der Waals surface area (Å²) in [5.74, 6) is -0.186. The molecule has 0 aliphatic carbocycles. The van der Waals surface area contributed by atoms with Crippen LogP contribution in [-0.4, -0.2) is 57.7 Å². The molecule has 0 unspecified atom stereocenters. The lowest BCUT2D eigenvalue weighted by Gasteiger charge is -2.36. The zero-order valence-electron chi connectivity index (χ0n) is 23.5. The zero-order valence-corrected chi connectivity index (χ0v) is 24.5. The standard InChI is InChI=1S/C30H43FN2O4Si/c1-30(2,3)38(4,5)36-22-24-12-9-13-27(28(24)31)33-19-16-26(20-33)37-25-14-17-32(18-15-25)29(34)35-21-23-10-7-6-8-11-23/h6-13,25-26H,14-22H2,1-5H3/t26-/m1/s1. The molecular formula is C30H43FN2O4Si. The molecule has 4 rings (SSSR count). The molecular weight excluding hydrogens is 499 g/mol. The topological polar surface area (TPSA) is 51.2 Å². The van der Waals surface area contributed by atoms with E-state index in [4.69, 9.17) is 13.9 Å². The molecule has 208 valence electrons. The first kappa shape index (κ1) is 28.6. The molecule has 0 spiro atoms. The molecule has 2 saturated heterocycles. The molecule has 8 heteroatoms. The lowest BCUT2D eigenvalue weighted by atomic mass is 10.1. The monoisotopic (exact) mass is 542 g/mol. The molecule has 2 aromatic carbocycles. The summed E-state index contributed by atoms with van der Waals surface area (Å²) in [7, 11) is -1.96. The first-order valence-corrected chi connectivity index (χ1v) is 16.7. The number of halogens is 1. The molecule has 0 bridgehead atoms. The van der Waals surface area contributed by atoms with Crippen molar-refractivity contribution in [3.05, 3.63) is 65.5 Å². The Morgan fingerprint density at radius 1 is 0.947 bits per heavy atom. The van der Waals surface area contributed by atoms with Crippen LogP contribution in [0.25, 0.3) is 0 Å². The molecule has 1 atom stereocenters. The Hall–Kier alpha value is -2.42. The lowest BCUT2D eigenvalue weighted by Crippen LogP contribution is -2.42. The normalized spacial score (nSPS) is 19.2. The molecule has 6 nitrogen and oxygen atoms in total. The summed E-state index contributed by atoms with van der Waals surface area (Å²) >= 11 is 0. The van der Waals surface area contributed by atoms with Crippen LogP contribution in [0, 0.1) is 5.82 Å². The average Bonchev–Trinajstić information content (AvgIpc) is 3.35. The fourth-order valence-corrected chi connectivity index (χ4v) is 5.66. The molecule has 2 heterocycles.